The van der Waals surface area contributed by atoms with E-state index in [0.29, 0.717) is 28.8 Å². The van der Waals surface area contributed by atoms with Crippen molar-refractivity contribution in [2.45, 2.75) is 50.4 Å². The van der Waals surface area contributed by atoms with Gasteiger partial charge in [-0.25, -0.2) is 13.4 Å². The molecule has 1 aliphatic rings. The van der Waals surface area contributed by atoms with Gasteiger partial charge in [-0.2, -0.15) is 0 Å². The summed E-state index contributed by atoms with van der Waals surface area (Å²) in [5.41, 5.74) is 0.774. The van der Waals surface area contributed by atoms with Crippen molar-refractivity contribution in [3.05, 3.63) is 36.4 Å². The molecule has 0 spiro atoms. The van der Waals surface area contributed by atoms with E-state index < -0.39 is 21.4 Å². The number of anilines is 1. The van der Waals surface area contributed by atoms with Crippen LogP contribution in [0, 0.1) is 5.92 Å². The minimum atomic E-state index is -4.06. The largest absolute Gasteiger partial charge is 0.494 e. The van der Waals surface area contributed by atoms with Crippen molar-refractivity contribution in [3.63, 3.8) is 0 Å². The highest BCUT2D eigenvalue weighted by atomic mass is 32.2. The highest BCUT2D eigenvalue weighted by Gasteiger charge is 2.36. The molecule has 1 fully saturated rings. The number of hydrogen-bond donors (Lipinski definition) is 2. The highest BCUT2D eigenvalue weighted by molar-refractivity contribution is 7.93. The molecule has 0 amide bonds. The second-order valence-corrected chi connectivity index (χ2v) is 11.0. The molecular formula is C25H33N5O6S. The van der Waals surface area contributed by atoms with Crippen LogP contribution >= 0.6 is 0 Å². The Morgan fingerprint density at radius 1 is 0.973 bits per heavy atom. The standard InChI is InChI=1S/C25H33N5O6S/c1-16(23(31)17-10-6-5-7-11-17)37(32,33)29-25-28-27-24(18-12-8-15-21(26-18)36-4)30(25)22-19(34-2)13-9-14-20(22)35-3/h8-9,12-17,23,31H,5-7,10-11H2,1-4H3,(H,28,29)/t16-,23?/m1/s1. The monoisotopic (exact) mass is 531 g/mol. The van der Waals surface area contributed by atoms with Crippen LogP contribution < -0.4 is 18.9 Å². The van der Waals surface area contributed by atoms with Crippen molar-refractivity contribution < 1.29 is 27.7 Å². The predicted octanol–water partition coefficient (Wildman–Crippen LogP) is 3.43. The molecule has 3 aromatic rings. The van der Waals surface area contributed by atoms with Crippen molar-refractivity contribution in [2.24, 2.45) is 5.92 Å². The van der Waals surface area contributed by atoms with E-state index >= 15 is 0 Å². The Bertz CT molecular complexity index is 1300. The minimum absolute atomic E-state index is 0.0657. The third-order valence-corrected chi connectivity index (χ3v) is 8.51. The van der Waals surface area contributed by atoms with Gasteiger partial charge in [-0.1, -0.05) is 31.4 Å². The molecule has 0 aliphatic heterocycles. The van der Waals surface area contributed by atoms with Gasteiger partial charge in [0.1, 0.15) is 28.1 Å². The quantitative estimate of drug-likeness (QED) is 0.403. The summed E-state index contributed by atoms with van der Waals surface area (Å²) in [5.74, 6) is 1.23. The summed E-state index contributed by atoms with van der Waals surface area (Å²) < 4.78 is 47.4. The molecule has 0 bridgehead atoms. The summed E-state index contributed by atoms with van der Waals surface area (Å²) in [6.45, 7) is 1.51. The minimum Gasteiger partial charge on any atom is -0.494 e. The zero-order chi connectivity index (χ0) is 26.6. The van der Waals surface area contributed by atoms with Gasteiger partial charge in [0.15, 0.2) is 5.82 Å². The van der Waals surface area contributed by atoms with Gasteiger partial charge in [0.05, 0.1) is 27.4 Å². The number of para-hydroxylation sites is 1. The topological polar surface area (TPSA) is 138 Å². The van der Waals surface area contributed by atoms with E-state index in [-0.39, 0.29) is 17.7 Å². The van der Waals surface area contributed by atoms with E-state index in [9.17, 15) is 13.5 Å². The van der Waals surface area contributed by atoms with Crippen LogP contribution in [0.2, 0.25) is 0 Å². The number of ether oxygens (including phenoxy) is 3. The van der Waals surface area contributed by atoms with Crippen LogP contribution in [0.5, 0.6) is 17.4 Å². The number of nitrogens with zero attached hydrogens (tertiary/aromatic N) is 4. The molecular weight excluding hydrogens is 498 g/mol. The Balaban J connectivity index is 1.81. The number of methoxy groups -OCH3 is 3. The number of aliphatic hydroxyl groups is 1. The normalized spacial score (nSPS) is 16.1. The number of benzene rings is 1. The van der Waals surface area contributed by atoms with Crippen LogP contribution in [0.15, 0.2) is 36.4 Å². The van der Waals surface area contributed by atoms with E-state index in [1.165, 1.54) is 32.8 Å². The van der Waals surface area contributed by atoms with E-state index in [2.05, 4.69) is 19.9 Å². The van der Waals surface area contributed by atoms with Crippen LogP contribution in [-0.4, -0.2) is 66.0 Å². The van der Waals surface area contributed by atoms with Crippen molar-refractivity contribution in [1.82, 2.24) is 19.7 Å². The molecule has 1 aliphatic carbocycles. The third-order valence-electron chi connectivity index (χ3n) is 6.79. The predicted molar refractivity (Wildman–Crippen MR) is 139 cm³/mol. The summed E-state index contributed by atoms with van der Waals surface area (Å²) in [6, 6.07) is 10.3. The van der Waals surface area contributed by atoms with E-state index in [1.54, 1.807) is 36.4 Å². The molecule has 1 aromatic carbocycles. The number of hydrogen-bond acceptors (Lipinski definition) is 9. The van der Waals surface area contributed by atoms with Crippen LogP contribution in [-0.2, 0) is 10.0 Å². The highest BCUT2D eigenvalue weighted by Crippen LogP contribution is 2.38. The van der Waals surface area contributed by atoms with Gasteiger partial charge in [-0.05, 0) is 43.9 Å². The van der Waals surface area contributed by atoms with Crippen LogP contribution in [0.4, 0.5) is 5.95 Å². The van der Waals surface area contributed by atoms with Gasteiger partial charge in [0.25, 0.3) is 0 Å². The van der Waals surface area contributed by atoms with Crippen molar-refractivity contribution in [2.75, 3.05) is 26.1 Å². The zero-order valence-corrected chi connectivity index (χ0v) is 22.2. The van der Waals surface area contributed by atoms with Gasteiger partial charge < -0.3 is 19.3 Å². The lowest BCUT2D eigenvalue weighted by Crippen LogP contribution is -2.41. The summed E-state index contributed by atoms with van der Waals surface area (Å²) in [6.07, 6.45) is 3.69. The summed E-state index contributed by atoms with van der Waals surface area (Å²) in [7, 11) is 0.433. The van der Waals surface area contributed by atoms with Crippen molar-refractivity contribution in [1.29, 1.82) is 0 Å². The van der Waals surface area contributed by atoms with E-state index in [4.69, 9.17) is 14.2 Å². The fourth-order valence-electron chi connectivity index (χ4n) is 4.70. The first-order chi connectivity index (χ1) is 17.8. The summed E-state index contributed by atoms with van der Waals surface area (Å²) in [5, 5.41) is 18.3. The van der Waals surface area contributed by atoms with E-state index in [1.807, 2.05) is 0 Å². The Morgan fingerprint density at radius 3 is 2.24 bits per heavy atom. The fourth-order valence-corrected chi connectivity index (χ4v) is 5.86. The molecule has 12 heteroatoms. The lowest BCUT2D eigenvalue weighted by atomic mass is 9.84. The number of sulfonamides is 1. The fraction of sp³-hybridized carbons (Fsp3) is 0.480. The van der Waals surface area contributed by atoms with Crippen LogP contribution in [0.3, 0.4) is 0 Å². The molecule has 2 N–H and O–H groups in total. The van der Waals surface area contributed by atoms with Gasteiger partial charge in [-0.3, -0.25) is 9.29 Å². The van der Waals surface area contributed by atoms with Crippen molar-refractivity contribution >= 4 is 16.0 Å². The summed E-state index contributed by atoms with van der Waals surface area (Å²) >= 11 is 0. The summed E-state index contributed by atoms with van der Waals surface area (Å²) in [4.78, 5) is 4.45. The van der Waals surface area contributed by atoms with Gasteiger partial charge in [0.2, 0.25) is 21.9 Å². The second-order valence-electron chi connectivity index (χ2n) is 9.00. The Kier molecular flexibility index (Phi) is 8.18. The molecule has 2 atom stereocenters. The van der Waals surface area contributed by atoms with Gasteiger partial charge >= 0.3 is 0 Å². The molecule has 1 unspecified atom stereocenters. The molecule has 2 aromatic heterocycles. The number of rotatable bonds is 10. The lowest BCUT2D eigenvalue weighted by Gasteiger charge is -2.30. The van der Waals surface area contributed by atoms with Gasteiger partial charge in [0, 0.05) is 6.07 Å². The van der Waals surface area contributed by atoms with Crippen LogP contribution in [0.25, 0.3) is 17.2 Å². The van der Waals surface area contributed by atoms with Crippen molar-refractivity contribution in [3.8, 4) is 34.6 Å². The third kappa shape index (κ3) is 5.49. The van der Waals surface area contributed by atoms with Crippen LogP contribution in [0.1, 0.15) is 39.0 Å². The first-order valence-corrected chi connectivity index (χ1v) is 13.7. The SMILES string of the molecule is COc1cccc(-c2nnc(NS(=O)(=O)[C@H](C)C(O)C3CCCCC3)n2-c2c(OC)cccc2OC)n1. The molecule has 37 heavy (non-hydrogen) atoms. The Hall–Kier alpha value is -3.38. The number of pyridine rings is 1. The molecule has 1 saturated carbocycles. The Labute approximate surface area is 216 Å². The lowest BCUT2D eigenvalue weighted by molar-refractivity contribution is 0.0841. The molecule has 0 saturated heterocycles. The van der Waals surface area contributed by atoms with Gasteiger partial charge in [-0.15, -0.1) is 10.2 Å². The maximum atomic E-state index is 13.5. The number of aromatic nitrogens is 4. The number of aliphatic hydroxyl groups excluding tert-OH is 1. The first-order valence-electron chi connectivity index (χ1n) is 12.2. The molecule has 2 heterocycles. The smallest absolute Gasteiger partial charge is 0.243 e. The first kappa shape index (κ1) is 26.7. The second kappa shape index (κ2) is 11.3. The van der Waals surface area contributed by atoms with E-state index in [0.717, 1.165) is 32.1 Å². The maximum Gasteiger partial charge on any atom is 0.243 e. The molecule has 4 rings (SSSR count). The molecule has 200 valence electrons. The average molecular weight is 532 g/mol. The molecule has 11 nitrogen and oxygen atoms in total. The molecule has 0 radical (unpaired) electrons. The average Bonchev–Trinajstić information content (AvgIpc) is 3.34. The number of nitrogens with one attached hydrogen (secondary N) is 1. The Morgan fingerprint density at radius 2 is 1.62 bits per heavy atom. The maximum absolute atomic E-state index is 13.5. The zero-order valence-electron chi connectivity index (χ0n) is 21.4.